The first kappa shape index (κ1) is 28.6. The number of amides is 4. The number of hydrogen-bond donors (Lipinski definition) is 6. The SMILES string of the molecule is CC(C)CC(N)C(=O)NC(CCC(N)=O)C(=O)NC(Cc1ccccc1)C(=O)NC(C)C(=O)O. The molecule has 0 radical (unpaired) electrons. The molecule has 4 atom stereocenters. The predicted octanol–water partition coefficient (Wildman–Crippen LogP) is -0.573. The first-order chi connectivity index (χ1) is 15.9. The normalized spacial score (nSPS) is 14.4. The number of carbonyl (C=O) groups excluding carboxylic acids is 4. The molecule has 1 rings (SSSR count). The van der Waals surface area contributed by atoms with Gasteiger partial charge in [-0.3, -0.25) is 24.0 Å². The summed E-state index contributed by atoms with van der Waals surface area (Å²) in [6, 6.07) is 4.49. The van der Waals surface area contributed by atoms with Gasteiger partial charge in [0.25, 0.3) is 0 Å². The van der Waals surface area contributed by atoms with E-state index in [0.717, 1.165) is 5.56 Å². The molecular formula is C23H35N5O6. The van der Waals surface area contributed by atoms with Crippen LogP contribution in [0.3, 0.4) is 0 Å². The Hall–Kier alpha value is -3.47. The van der Waals surface area contributed by atoms with Crippen LogP contribution in [0.25, 0.3) is 0 Å². The predicted molar refractivity (Wildman–Crippen MR) is 125 cm³/mol. The number of aliphatic carboxylic acids is 1. The van der Waals surface area contributed by atoms with Gasteiger partial charge in [0.05, 0.1) is 6.04 Å². The number of rotatable bonds is 14. The van der Waals surface area contributed by atoms with Crippen LogP contribution in [0.15, 0.2) is 30.3 Å². The van der Waals surface area contributed by atoms with E-state index in [1.807, 2.05) is 13.8 Å². The summed E-state index contributed by atoms with van der Waals surface area (Å²) in [6.45, 7) is 5.10. The Morgan fingerprint density at radius 1 is 0.882 bits per heavy atom. The minimum absolute atomic E-state index is 0.0775. The Bertz CT molecular complexity index is 861. The van der Waals surface area contributed by atoms with Gasteiger partial charge in [-0.15, -0.1) is 0 Å². The second kappa shape index (κ2) is 13.9. The van der Waals surface area contributed by atoms with Crippen LogP contribution >= 0.6 is 0 Å². The van der Waals surface area contributed by atoms with Crippen molar-refractivity contribution in [2.75, 3.05) is 0 Å². The fourth-order valence-corrected chi connectivity index (χ4v) is 3.16. The molecule has 188 valence electrons. The Balaban J connectivity index is 3.06. The second-order valence-corrected chi connectivity index (χ2v) is 8.62. The zero-order chi connectivity index (χ0) is 25.8. The third-order valence-electron chi connectivity index (χ3n) is 5.02. The van der Waals surface area contributed by atoms with E-state index in [9.17, 15) is 24.0 Å². The smallest absolute Gasteiger partial charge is 0.325 e. The quantitative estimate of drug-likeness (QED) is 0.206. The highest BCUT2D eigenvalue weighted by atomic mass is 16.4. The van der Waals surface area contributed by atoms with Gasteiger partial charge in [-0.1, -0.05) is 44.2 Å². The number of primary amides is 1. The number of hydrogen-bond acceptors (Lipinski definition) is 6. The van der Waals surface area contributed by atoms with Crippen molar-refractivity contribution in [3.8, 4) is 0 Å². The van der Waals surface area contributed by atoms with E-state index in [1.165, 1.54) is 6.92 Å². The van der Waals surface area contributed by atoms with E-state index in [1.54, 1.807) is 30.3 Å². The third kappa shape index (κ3) is 10.4. The maximum absolute atomic E-state index is 13.0. The van der Waals surface area contributed by atoms with E-state index in [4.69, 9.17) is 16.6 Å². The van der Waals surface area contributed by atoms with E-state index in [0.29, 0.717) is 6.42 Å². The number of carboxylic acids is 1. The molecule has 0 spiro atoms. The highest BCUT2D eigenvalue weighted by Crippen LogP contribution is 2.07. The topological polar surface area (TPSA) is 194 Å². The lowest BCUT2D eigenvalue weighted by atomic mass is 10.0. The largest absolute Gasteiger partial charge is 0.480 e. The molecule has 0 saturated carbocycles. The highest BCUT2D eigenvalue weighted by Gasteiger charge is 2.30. The molecule has 11 heteroatoms. The van der Waals surface area contributed by atoms with Crippen LogP contribution in [0.5, 0.6) is 0 Å². The zero-order valence-electron chi connectivity index (χ0n) is 19.7. The first-order valence-corrected chi connectivity index (χ1v) is 11.1. The van der Waals surface area contributed by atoms with Crippen LogP contribution in [-0.2, 0) is 30.4 Å². The summed E-state index contributed by atoms with van der Waals surface area (Å²) < 4.78 is 0. The minimum atomic E-state index is -1.23. The molecule has 0 saturated heterocycles. The average molecular weight is 478 g/mol. The Morgan fingerprint density at radius 3 is 1.97 bits per heavy atom. The molecule has 34 heavy (non-hydrogen) atoms. The minimum Gasteiger partial charge on any atom is -0.480 e. The van der Waals surface area contributed by atoms with Gasteiger partial charge in [-0.25, -0.2) is 0 Å². The second-order valence-electron chi connectivity index (χ2n) is 8.62. The number of benzene rings is 1. The molecular weight excluding hydrogens is 442 g/mol. The fraction of sp³-hybridized carbons (Fsp3) is 0.522. The van der Waals surface area contributed by atoms with Crippen LogP contribution in [0.1, 0.15) is 45.6 Å². The van der Waals surface area contributed by atoms with Crippen LogP contribution in [0.2, 0.25) is 0 Å². The van der Waals surface area contributed by atoms with Crippen LogP contribution < -0.4 is 27.4 Å². The first-order valence-electron chi connectivity index (χ1n) is 11.1. The molecule has 4 unspecified atom stereocenters. The maximum atomic E-state index is 13.0. The molecule has 0 bridgehead atoms. The lowest BCUT2D eigenvalue weighted by molar-refractivity contribution is -0.141. The number of carbonyl (C=O) groups is 5. The summed E-state index contributed by atoms with van der Waals surface area (Å²) in [7, 11) is 0. The molecule has 4 amide bonds. The molecule has 1 aromatic rings. The molecule has 1 aromatic carbocycles. The van der Waals surface area contributed by atoms with Crippen molar-refractivity contribution in [1.29, 1.82) is 0 Å². The van der Waals surface area contributed by atoms with Crippen molar-refractivity contribution >= 4 is 29.6 Å². The summed E-state index contributed by atoms with van der Waals surface area (Å²) in [5.74, 6) is -3.74. The molecule has 0 aliphatic heterocycles. The van der Waals surface area contributed by atoms with Crippen molar-refractivity contribution in [2.45, 2.75) is 70.6 Å². The summed E-state index contributed by atoms with van der Waals surface area (Å²) in [6.07, 6.45) is 0.200. The molecule has 0 aromatic heterocycles. The lowest BCUT2D eigenvalue weighted by Crippen LogP contribution is -2.57. The van der Waals surface area contributed by atoms with Crippen molar-refractivity contribution in [2.24, 2.45) is 17.4 Å². The van der Waals surface area contributed by atoms with Crippen molar-refractivity contribution < 1.29 is 29.1 Å². The van der Waals surface area contributed by atoms with E-state index in [-0.39, 0.29) is 25.2 Å². The Labute approximate surface area is 199 Å². The molecule has 0 aliphatic carbocycles. The summed E-state index contributed by atoms with van der Waals surface area (Å²) in [5, 5.41) is 16.5. The molecule has 0 fully saturated rings. The van der Waals surface area contributed by atoms with E-state index < -0.39 is 53.8 Å². The number of nitrogens with one attached hydrogen (secondary N) is 3. The third-order valence-corrected chi connectivity index (χ3v) is 5.02. The van der Waals surface area contributed by atoms with Gasteiger partial charge in [0.1, 0.15) is 18.1 Å². The Morgan fingerprint density at radius 2 is 1.44 bits per heavy atom. The number of carboxylic acid groups (broad SMARTS) is 1. The highest BCUT2D eigenvalue weighted by molar-refractivity contribution is 5.94. The lowest BCUT2D eigenvalue weighted by Gasteiger charge is -2.25. The van der Waals surface area contributed by atoms with Gasteiger partial charge in [0, 0.05) is 12.8 Å². The summed E-state index contributed by atoms with van der Waals surface area (Å²) >= 11 is 0. The molecule has 0 heterocycles. The van der Waals surface area contributed by atoms with Gasteiger partial charge in [0.15, 0.2) is 0 Å². The van der Waals surface area contributed by atoms with Crippen molar-refractivity contribution in [3.63, 3.8) is 0 Å². The van der Waals surface area contributed by atoms with Gasteiger partial charge in [-0.2, -0.15) is 0 Å². The monoisotopic (exact) mass is 477 g/mol. The van der Waals surface area contributed by atoms with Gasteiger partial charge < -0.3 is 32.5 Å². The van der Waals surface area contributed by atoms with Crippen LogP contribution in [-0.4, -0.2) is 58.9 Å². The zero-order valence-corrected chi connectivity index (χ0v) is 19.7. The molecule has 11 nitrogen and oxygen atoms in total. The van der Waals surface area contributed by atoms with Crippen molar-refractivity contribution in [3.05, 3.63) is 35.9 Å². The van der Waals surface area contributed by atoms with Crippen molar-refractivity contribution in [1.82, 2.24) is 16.0 Å². The fourth-order valence-electron chi connectivity index (χ4n) is 3.16. The summed E-state index contributed by atoms with van der Waals surface area (Å²) in [4.78, 5) is 60.7. The average Bonchev–Trinajstić information content (AvgIpc) is 2.75. The molecule has 8 N–H and O–H groups in total. The van der Waals surface area contributed by atoms with Crippen LogP contribution in [0.4, 0.5) is 0 Å². The van der Waals surface area contributed by atoms with E-state index >= 15 is 0 Å². The molecule has 0 aliphatic rings. The Kier molecular flexibility index (Phi) is 11.7. The van der Waals surface area contributed by atoms with E-state index in [2.05, 4.69) is 16.0 Å². The van der Waals surface area contributed by atoms with Gasteiger partial charge in [0.2, 0.25) is 23.6 Å². The van der Waals surface area contributed by atoms with Gasteiger partial charge in [-0.05, 0) is 31.2 Å². The van der Waals surface area contributed by atoms with Crippen LogP contribution in [0, 0.1) is 5.92 Å². The van der Waals surface area contributed by atoms with Gasteiger partial charge >= 0.3 is 5.97 Å². The summed E-state index contributed by atoms with van der Waals surface area (Å²) in [5.41, 5.74) is 11.8. The maximum Gasteiger partial charge on any atom is 0.325 e. The number of nitrogens with two attached hydrogens (primary N) is 2. The standard InChI is InChI=1S/C23H35N5O6/c1-13(2)11-16(24)20(30)27-17(9-10-19(25)29)21(31)28-18(12-15-7-5-4-6-8-15)22(32)26-14(3)23(33)34/h4-8,13-14,16-18H,9-12,24H2,1-3H3,(H2,25,29)(H,26,32)(H,27,30)(H,28,31)(H,33,34).